The van der Waals surface area contributed by atoms with Crippen molar-refractivity contribution < 1.29 is 4.74 Å². The highest BCUT2D eigenvalue weighted by Gasteiger charge is 2.14. The zero-order valence-corrected chi connectivity index (χ0v) is 10.8. The molecule has 0 fully saturated rings. The summed E-state index contributed by atoms with van der Waals surface area (Å²) < 4.78 is 5.17. The van der Waals surface area contributed by atoms with E-state index in [1.54, 1.807) is 7.11 Å². The van der Waals surface area contributed by atoms with Crippen LogP contribution < -0.4 is 5.73 Å². The summed E-state index contributed by atoms with van der Waals surface area (Å²) in [5, 5.41) is 0. The second-order valence-corrected chi connectivity index (χ2v) is 5.26. The smallest absolute Gasteiger partial charge is 0.0543 e. The first-order chi connectivity index (χ1) is 7.49. The lowest BCUT2D eigenvalue weighted by Gasteiger charge is -2.20. The van der Waals surface area contributed by atoms with Crippen molar-refractivity contribution in [2.45, 2.75) is 32.1 Å². The summed E-state index contributed by atoms with van der Waals surface area (Å²) in [5.41, 5.74) is 8.55. The predicted octanol–water partition coefficient (Wildman–Crippen LogP) is 2.67. The minimum atomic E-state index is 0.206. The Kier molecular flexibility index (Phi) is 4.51. The van der Waals surface area contributed by atoms with E-state index in [-0.39, 0.29) is 5.41 Å². The van der Waals surface area contributed by atoms with Crippen LogP contribution >= 0.6 is 0 Å². The van der Waals surface area contributed by atoms with Gasteiger partial charge in [-0.3, -0.25) is 0 Å². The Labute approximate surface area is 98.8 Å². The molecule has 2 heteroatoms. The highest BCUT2D eigenvalue weighted by molar-refractivity contribution is 5.29. The zero-order chi connectivity index (χ0) is 12.2. The zero-order valence-electron chi connectivity index (χ0n) is 10.8. The molecule has 1 unspecified atom stereocenters. The van der Waals surface area contributed by atoms with E-state index in [1.165, 1.54) is 11.1 Å². The summed E-state index contributed by atoms with van der Waals surface area (Å²) in [7, 11) is 1.71. The highest BCUT2D eigenvalue weighted by Crippen LogP contribution is 2.24. The van der Waals surface area contributed by atoms with Crippen molar-refractivity contribution in [3.05, 3.63) is 35.4 Å². The number of methoxy groups -OCH3 is 1. The molecular weight excluding hydrogens is 198 g/mol. The summed E-state index contributed by atoms with van der Waals surface area (Å²) in [6.45, 7) is 7.97. The number of nitrogens with two attached hydrogens (primary N) is 1. The Morgan fingerprint density at radius 2 is 1.75 bits per heavy atom. The van der Waals surface area contributed by atoms with E-state index in [9.17, 15) is 0 Å². The van der Waals surface area contributed by atoms with Crippen LogP contribution in [0.4, 0.5) is 0 Å². The monoisotopic (exact) mass is 221 g/mol. The summed E-state index contributed by atoms with van der Waals surface area (Å²) in [5.74, 6) is 0.305. The average molecular weight is 221 g/mol. The minimum Gasteiger partial charge on any atom is -0.384 e. The molecule has 0 amide bonds. The van der Waals surface area contributed by atoms with Crippen molar-refractivity contribution in [2.24, 2.45) is 5.73 Å². The summed E-state index contributed by atoms with van der Waals surface area (Å²) in [4.78, 5) is 0. The van der Waals surface area contributed by atoms with Crippen molar-refractivity contribution in [3.8, 4) is 0 Å². The number of ether oxygens (including phenoxy) is 1. The fourth-order valence-corrected chi connectivity index (χ4v) is 1.76. The van der Waals surface area contributed by atoms with Gasteiger partial charge in [-0.15, -0.1) is 0 Å². The van der Waals surface area contributed by atoms with E-state index < -0.39 is 0 Å². The maximum Gasteiger partial charge on any atom is 0.0543 e. The Morgan fingerprint density at radius 1 is 1.19 bits per heavy atom. The number of benzene rings is 1. The van der Waals surface area contributed by atoms with Crippen LogP contribution in [0.5, 0.6) is 0 Å². The van der Waals surface area contributed by atoms with Crippen molar-refractivity contribution in [1.82, 2.24) is 0 Å². The van der Waals surface area contributed by atoms with E-state index in [4.69, 9.17) is 10.5 Å². The molecule has 0 bridgehead atoms. The second-order valence-electron chi connectivity index (χ2n) is 5.26. The van der Waals surface area contributed by atoms with E-state index >= 15 is 0 Å². The van der Waals surface area contributed by atoms with Gasteiger partial charge in [0.1, 0.15) is 0 Å². The van der Waals surface area contributed by atoms with Crippen LogP contribution in [-0.2, 0) is 10.2 Å². The molecule has 90 valence electrons. The van der Waals surface area contributed by atoms with E-state index in [2.05, 4.69) is 45.0 Å². The van der Waals surface area contributed by atoms with Gasteiger partial charge in [-0.05, 0) is 16.5 Å². The molecule has 0 saturated carbocycles. The van der Waals surface area contributed by atoms with Gasteiger partial charge in [-0.2, -0.15) is 0 Å². The van der Waals surface area contributed by atoms with Gasteiger partial charge in [0.05, 0.1) is 6.61 Å². The third kappa shape index (κ3) is 3.32. The van der Waals surface area contributed by atoms with Gasteiger partial charge in [0, 0.05) is 19.6 Å². The van der Waals surface area contributed by atoms with E-state index in [0.29, 0.717) is 19.1 Å². The molecule has 1 atom stereocenters. The topological polar surface area (TPSA) is 35.2 Å². The lowest BCUT2D eigenvalue weighted by molar-refractivity contribution is 0.181. The molecule has 0 aliphatic heterocycles. The molecule has 0 aliphatic carbocycles. The highest BCUT2D eigenvalue weighted by atomic mass is 16.5. The Morgan fingerprint density at radius 3 is 2.12 bits per heavy atom. The molecule has 2 nitrogen and oxygen atoms in total. The summed E-state index contributed by atoms with van der Waals surface area (Å²) in [6.07, 6.45) is 0. The van der Waals surface area contributed by atoms with Crippen LogP contribution in [0.15, 0.2) is 24.3 Å². The molecule has 2 N–H and O–H groups in total. The van der Waals surface area contributed by atoms with Crippen molar-refractivity contribution >= 4 is 0 Å². The maximum absolute atomic E-state index is 5.73. The molecule has 0 aliphatic rings. The molecule has 1 aromatic rings. The second kappa shape index (κ2) is 5.46. The normalized spacial score (nSPS) is 13.8. The molecule has 0 heterocycles. The third-order valence-electron chi connectivity index (χ3n) is 2.90. The lowest BCUT2D eigenvalue weighted by atomic mass is 9.85. The first-order valence-corrected chi connectivity index (χ1v) is 5.78. The Balaban J connectivity index is 2.85. The summed E-state index contributed by atoms with van der Waals surface area (Å²) >= 11 is 0. The van der Waals surface area contributed by atoms with Gasteiger partial charge in [-0.1, -0.05) is 45.0 Å². The Hall–Kier alpha value is -0.860. The molecule has 1 aromatic carbocycles. The quantitative estimate of drug-likeness (QED) is 0.848. The fraction of sp³-hybridized carbons (Fsp3) is 0.571. The molecule has 0 radical (unpaired) electrons. The number of hydrogen-bond acceptors (Lipinski definition) is 2. The van der Waals surface area contributed by atoms with Crippen LogP contribution in [0, 0.1) is 0 Å². The van der Waals surface area contributed by atoms with Crippen molar-refractivity contribution in [2.75, 3.05) is 20.3 Å². The molecular formula is C14H23NO. The minimum absolute atomic E-state index is 0.206. The van der Waals surface area contributed by atoms with Crippen molar-refractivity contribution in [1.29, 1.82) is 0 Å². The van der Waals surface area contributed by atoms with E-state index in [1.807, 2.05) is 0 Å². The standard InChI is InChI=1S/C14H23NO/c1-14(2,3)13-7-5-11(6-8-13)12(9-15)10-16-4/h5-8,12H,9-10,15H2,1-4H3. The maximum atomic E-state index is 5.73. The number of rotatable bonds is 4. The SMILES string of the molecule is COCC(CN)c1ccc(C(C)(C)C)cc1. The van der Waals surface area contributed by atoms with E-state index in [0.717, 1.165) is 0 Å². The molecule has 16 heavy (non-hydrogen) atoms. The van der Waals surface area contributed by atoms with Gasteiger partial charge < -0.3 is 10.5 Å². The first-order valence-electron chi connectivity index (χ1n) is 5.78. The molecule has 0 aromatic heterocycles. The first kappa shape index (κ1) is 13.2. The summed E-state index contributed by atoms with van der Waals surface area (Å²) in [6, 6.07) is 8.70. The van der Waals surface area contributed by atoms with Gasteiger partial charge in [0.25, 0.3) is 0 Å². The van der Waals surface area contributed by atoms with Crippen molar-refractivity contribution in [3.63, 3.8) is 0 Å². The Bertz CT molecular complexity index is 311. The lowest BCUT2D eigenvalue weighted by Crippen LogP contribution is -2.18. The van der Waals surface area contributed by atoms with Crippen LogP contribution in [0.1, 0.15) is 37.8 Å². The van der Waals surface area contributed by atoms with Crippen LogP contribution in [0.2, 0.25) is 0 Å². The average Bonchev–Trinajstić information content (AvgIpc) is 2.25. The van der Waals surface area contributed by atoms with Gasteiger partial charge >= 0.3 is 0 Å². The van der Waals surface area contributed by atoms with Crippen LogP contribution in [0.3, 0.4) is 0 Å². The van der Waals surface area contributed by atoms with Gasteiger partial charge in [0.2, 0.25) is 0 Å². The van der Waals surface area contributed by atoms with Gasteiger partial charge in [0.15, 0.2) is 0 Å². The van der Waals surface area contributed by atoms with Gasteiger partial charge in [-0.25, -0.2) is 0 Å². The van der Waals surface area contributed by atoms with Crippen LogP contribution in [-0.4, -0.2) is 20.3 Å². The largest absolute Gasteiger partial charge is 0.384 e. The van der Waals surface area contributed by atoms with Crippen LogP contribution in [0.25, 0.3) is 0 Å². The third-order valence-corrected chi connectivity index (χ3v) is 2.90. The molecule has 1 rings (SSSR count). The predicted molar refractivity (Wildman–Crippen MR) is 68.8 cm³/mol. The fourth-order valence-electron chi connectivity index (χ4n) is 1.76. The number of hydrogen-bond donors (Lipinski definition) is 1. The molecule has 0 saturated heterocycles. The molecule has 0 spiro atoms.